The summed E-state index contributed by atoms with van der Waals surface area (Å²) in [5, 5.41) is 6.40. The van der Waals surface area contributed by atoms with Gasteiger partial charge in [-0.05, 0) is 61.0 Å². The minimum atomic E-state index is -0.972. The number of ether oxygens (including phenoxy) is 2. The number of benzene rings is 3. The SMILES string of the molecule is Cc1cccc(NC(=O)c2cc3cc(Cl)ccc3n2NC(=O)C(=O)Nc2ccc3c(c2)OCO3)c1. The summed E-state index contributed by atoms with van der Waals surface area (Å²) in [5.74, 6) is -1.36. The van der Waals surface area contributed by atoms with Crippen LogP contribution < -0.4 is 25.5 Å². The zero-order valence-electron chi connectivity index (χ0n) is 18.4. The number of halogens is 1. The molecule has 0 spiro atoms. The lowest BCUT2D eigenvalue weighted by molar-refractivity contribution is -0.133. The second kappa shape index (κ2) is 9.03. The maximum absolute atomic E-state index is 13.1. The summed E-state index contributed by atoms with van der Waals surface area (Å²) < 4.78 is 11.8. The summed E-state index contributed by atoms with van der Waals surface area (Å²) in [6.07, 6.45) is 0. The van der Waals surface area contributed by atoms with Crippen LogP contribution in [0.3, 0.4) is 0 Å². The minimum absolute atomic E-state index is 0.0886. The zero-order valence-corrected chi connectivity index (χ0v) is 19.2. The summed E-state index contributed by atoms with van der Waals surface area (Å²) in [6, 6.07) is 18.6. The average molecular weight is 491 g/mol. The second-order valence-electron chi connectivity index (χ2n) is 7.85. The summed E-state index contributed by atoms with van der Waals surface area (Å²) in [5.41, 5.74) is 5.05. The Morgan fingerprint density at radius 2 is 1.66 bits per heavy atom. The normalized spacial score (nSPS) is 11.8. The molecule has 0 unspecified atom stereocenters. The van der Waals surface area contributed by atoms with Crippen LogP contribution in [-0.2, 0) is 9.59 Å². The Morgan fingerprint density at radius 3 is 2.49 bits per heavy atom. The van der Waals surface area contributed by atoms with Crippen molar-refractivity contribution in [3.63, 3.8) is 0 Å². The molecule has 1 aliphatic rings. The van der Waals surface area contributed by atoms with E-state index in [4.69, 9.17) is 21.1 Å². The van der Waals surface area contributed by atoms with Gasteiger partial charge in [-0.2, -0.15) is 0 Å². The molecule has 1 aromatic heterocycles. The van der Waals surface area contributed by atoms with Gasteiger partial charge in [0.15, 0.2) is 11.5 Å². The standard InChI is InChI=1S/C25H19ClN4O5/c1-14-3-2-4-17(9-14)27-23(31)20-11-15-10-16(26)5-7-19(15)30(20)29-25(33)24(32)28-18-6-8-21-22(12-18)35-13-34-21/h2-12H,13H2,1H3,(H,27,31)(H,28,32)(H,29,33). The van der Waals surface area contributed by atoms with Gasteiger partial charge in [0, 0.05) is 27.8 Å². The van der Waals surface area contributed by atoms with Gasteiger partial charge in [-0.15, -0.1) is 0 Å². The van der Waals surface area contributed by atoms with Gasteiger partial charge in [-0.25, -0.2) is 4.68 Å². The number of aryl methyl sites for hydroxylation is 1. The lowest BCUT2D eigenvalue weighted by atomic mass is 10.2. The second-order valence-corrected chi connectivity index (χ2v) is 8.29. The van der Waals surface area contributed by atoms with Gasteiger partial charge in [0.25, 0.3) is 5.91 Å². The molecule has 0 bridgehead atoms. The van der Waals surface area contributed by atoms with Gasteiger partial charge in [0.2, 0.25) is 6.79 Å². The van der Waals surface area contributed by atoms with E-state index in [0.29, 0.717) is 38.8 Å². The molecule has 9 nitrogen and oxygen atoms in total. The summed E-state index contributed by atoms with van der Waals surface area (Å²) in [4.78, 5) is 38.5. The van der Waals surface area contributed by atoms with Gasteiger partial charge >= 0.3 is 11.8 Å². The van der Waals surface area contributed by atoms with E-state index in [1.807, 2.05) is 25.1 Å². The van der Waals surface area contributed by atoms with Crippen molar-refractivity contribution < 1.29 is 23.9 Å². The Kier molecular flexibility index (Phi) is 5.76. The predicted octanol–water partition coefficient (Wildman–Crippen LogP) is 4.29. The molecule has 3 N–H and O–H groups in total. The Morgan fingerprint density at radius 1 is 0.857 bits per heavy atom. The van der Waals surface area contributed by atoms with Crippen LogP contribution in [0.2, 0.25) is 5.02 Å². The molecule has 0 atom stereocenters. The van der Waals surface area contributed by atoms with E-state index >= 15 is 0 Å². The summed E-state index contributed by atoms with van der Waals surface area (Å²) in [6.45, 7) is 2.00. The van der Waals surface area contributed by atoms with E-state index in [1.165, 1.54) is 4.68 Å². The molecule has 0 radical (unpaired) electrons. The summed E-state index contributed by atoms with van der Waals surface area (Å²) >= 11 is 6.11. The molecule has 3 aromatic carbocycles. The number of carbonyl (C=O) groups excluding carboxylic acids is 3. The fourth-order valence-electron chi connectivity index (χ4n) is 3.71. The first-order valence-electron chi connectivity index (χ1n) is 10.6. The monoisotopic (exact) mass is 490 g/mol. The van der Waals surface area contributed by atoms with Crippen molar-refractivity contribution >= 4 is 51.6 Å². The Labute approximate surface area is 204 Å². The maximum atomic E-state index is 13.1. The van der Waals surface area contributed by atoms with Crippen molar-refractivity contribution in [2.75, 3.05) is 22.9 Å². The van der Waals surface area contributed by atoms with Crippen LogP contribution in [0.15, 0.2) is 66.7 Å². The van der Waals surface area contributed by atoms with Gasteiger partial charge in [-0.3, -0.25) is 19.8 Å². The third kappa shape index (κ3) is 4.62. The largest absolute Gasteiger partial charge is 0.454 e. The van der Waals surface area contributed by atoms with E-state index in [1.54, 1.807) is 48.5 Å². The molecule has 3 amide bonds. The molecule has 0 saturated carbocycles. The van der Waals surface area contributed by atoms with Gasteiger partial charge in [-0.1, -0.05) is 23.7 Å². The van der Waals surface area contributed by atoms with Crippen LogP contribution in [0.1, 0.15) is 16.1 Å². The number of nitrogens with one attached hydrogen (secondary N) is 3. The van der Waals surface area contributed by atoms with Crippen LogP contribution in [0, 0.1) is 6.92 Å². The van der Waals surface area contributed by atoms with Crippen molar-refractivity contribution in [3.8, 4) is 11.5 Å². The van der Waals surface area contributed by atoms with Crippen LogP contribution in [0.5, 0.6) is 11.5 Å². The van der Waals surface area contributed by atoms with Crippen molar-refractivity contribution in [1.82, 2.24) is 4.68 Å². The van der Waals surface area contributed by atoms with Crippen molar-refractivity contribution in [3.05, 3.63) is 83.0 Å². The van der Waals surface area contributed by atoms with Crippen LogP contribution >= 0.6 is 11.6 Å². The molecule has 0 fully saturated rings. The number of fused-ring (bicyclic) bond motifs is 2. The van der Waals surface area contributed by atoms with E-state index in [-0.39, 0.29) is 12.5 Å². The number of anilines is 2. The number of amides is 3. The first-order valence-corrected chi connectivity index (χ1v) is 11.0. The number of aromatic nitrogens is 1. The molecule has 4 aromatic rings. The van der Waals surface area contributed by atoms with Gasteiger partial charge < -0.3 is 20.1 Å². The smallest absolute Gasteiger partial charge is 0.328 e. The number of nitrogens with zero attached hydrogens (tertiary/aromatic N) is 1. The van der Waals surface area contributed by atoms with E-state index in [9.17, 15) is 14.4 Å². The highest BCUT2D eigenvalue weighted by atomic mass is 35.5. The lowest BCUT2D eigenvalue weighted by Crippen LogP contribution is -2.36. The molecule has 35 heavy (non-hydrogen) atoms. The average Bonchev–Trinajstić information content (AvgIpc) is 3.43. The lowest BCUT2D eigenvalue weighted by Gasteiger charge is -2.13. The number of carbonyl (C=O) groups is 3. The first-order chi connectivity index (χ1) is 16.9. The van der Waals surface area contributed by atoms with Gasteiger partial charge in [0.05, 0.1) is 5.52 Å². The highest BCUT2D eigenvalue weighted by Crippen LogP contribution is 2.34. The molecule has 0 saturated heterocycles. The Hall–Kier alpha value is -4.50. The Balaban J connectivity index is 1.40. The number of rotatable bonds is 4. The van der Waals surface area contributed by atoms with Crippen LogP contribution in [-0.4, -0.2) is 29.2 Å². The molecule has 10 heteroatoms. The van der Waals surface area contributed by atoms with Crippen molar-refractivity contribution in [2.24, 2.45) is 0 Å². The number of hydrogen-bond acceptors (Lipinski definition) is 5. The molecule has 176 valence electrons. The molecular weight excluding hydrogens is 472 g/mol. The maximum Gasteiger partial charge on any atom is 0.328 e. The van der Waals surface area contributed by atoms with E-state index in [0.717, 1.165) is 5.56 Å². The minimum Gasteiger partial charge on any atom is -0.454 e. The fraction of sp³-hybridized carbons (Fsp3) is 0.0800. The van der Waals surface area contributed by atoms with Crippen LogP contribution in [0.25, 0.3) is 10.9 Å². The van der Waals surface area contributed by atoms with Crippen molar-refractivity contribution in [2.45, 2.75) is 6.92 Å². The molecular formula is C25H19ClN4O5. The summed E-state index contributed by atoms with van der Waals surface area (Å²) in [7, 11) is 0. The highest BCUT2D eigenvalue weighted by Gasteiger charge is 2.22. The Bertz CT molecular complexity index is 1500. The zero-order chi connectivity index (χ0) is 24.5. The van der Waals surface area contributed by atoms with Crippen LogP contribution in [0.4, 0.5) is 11.4 Å². The quantitative estimate of drug-likeness (QED) is 0.369. The van der Waals surface area contributed by atoms with Crippen molar-refractivity contribution in [1.29, 1.82) is 0 Å². The first kappa shape index (κ1) is 22.3. The van der Waals surface area contributed by atoms with E-state index < -0.39 is 17.7 Å². The molecule has 5 rings (SSSR count). The third-order valence-corrected chi connectivity index (χ3v) is 5.56. The topological polar surface area (TPSA) is 111 Å². The van der Waals surface area contributed by atoms with E-state index in [2.05, 4.69) is 16.1 Å². The third-order valence-electron chi connectivity index (χ3n) is 5.32. The molecule has 2 heterocycles. The number of hydrogen-bond donors (Lipinski definition) is 3. The highest BCUT2D eigenvalue weighted by molar-refractivity contribution is 6.42. The van der Waals surface area contributed by atoms with Gasteiger partial charge in [0.1, 0.15) is 5.69 Å². The molecule has 0 aliphatic carbocycles. The fourth-order valence-corrected chi connectivity index (χ4v) is 3.89. The predicted molar refractivity (Wildman–Crippen MR) is 132 cm³/mol. The molecule has 1 aliphatic heterocycles.